The minimum Gasteiger partial charge on any atom is -0.435 e. The molecule has 0 atom stereocenters. The van der Waals surface area contributed by atoms with Gasteiger partial charge in [0.2, 0.25) is 15.9 Å². The molecule has 2 aliphatic heterocycles. The molecule has 7 nitrogen and oxygen atoms in total. The number of sulfonamides is 1. The van der Waals surface area contributed by atoms with Crippen molar-refractivity contribution in [1.29, 1.82) is 0 Å². The summed E-state index contributed by atoms with van der Waals surface area (Å²) in [4.78, 5) is 17.1. The van der Waals surface area contributed by atoms with Crippen molar-refractivity contribution in [1.82, 2.24) is 9.37 Å². The summed E-state index contributed by atoms with van der Waals surface area (Å²) in [7, 11) is -2.30. The lowest BCUT2D eigenvalue weighted by molar-refractivity contribution is -0.196. The number of alkyl halides is 2. The standard InChI is InChI=1S/C15H18F2N2O5S/c1-18-13(20)10-15(24-18)5-7-19(8-6-15)25(21,22)12-4-2-3-11(9-12)23-14(16)17/h2-4,9,14H,5-8,10H2,1H3. The van der Waals surface area contributed by atoms with E-state index in [0.717, 1.165) is 6.07 Å². The summed E-state index contributed by atoms with van der Waals surface area (Å²) in [5.74, 6) is -0.343. The van der Waals surface area contributed by atoms with Crippen LogP contribution in [0.1, 0.15) is 19.3 Å². The molecule has 0 saturated carbocycles. The topological polar surface area (TPSA) is 76.2 Å². The molecule has 1 spiro atoms. The average Bonchev–Trinajstić information content (AvgIpc) is 2.81. The number of rotatable bonds is 4. The van der Waals surface area contributed by atoms with E-state index in [1.165, 1.54) is 34.6 Å². The van der Waals surface area contributed by atoms with Gasteiger partial charge in [-0.2, -0.15) is 13.1 Å². The summed E-state index contributed by atoms with van der Waals surface area (Å²) >= 11 is 0. The minimum atomic E-state index is -3.84. The van der Waals surface area contributed by atoms with Crippen molar-refractivity contribution < 1.29 is 31.6 Å². The Labute approximate surface area is 144 Å². The van der Waals surface area contributed by atoms with Gasteiger partial charge >= 0.3 is 6.61 Å². The Hall–Kier alpha value is -1.78. The number of benzene rings is 1. The van der Waals surface area contributed by atoms with E-state index in [4.69, 9.17) is 4.84 Å². The van der Waals surface area contributed by atoms with E-state index < -0.39 is 22.2 Å². The number of carbonyl (C=O) groups excluding carboxylic acids is 1. The van der Waals surface area contributed by atoms with Crippen molar-refractivity contribution >= 4 is 15.9 Å². The van der Waals surface area contributed by atoms with E-state index in [9.17, 15) is 22.0 Å². The monoisotopic (exact) mass is 376 g/mol. The van der Waals surface area contributed by atoms with Crippen LogP contribution in [0.25, 0.3) is 0 Å². The SMILES string of the molecule is CN1OC2(CCN(S(=O)(=O)c3cccc(OC(F)F)c3)CC2)CC1=O. The van der Waals surface area contributed by atoms with Crippen molar-refractivity contribution in [3.63, 3.8) is 0 Å². The summed E-state index contributed by atoms with van der Waals surface area (Å²) in [5.41, 5.74) is -0.654. The molecule has 0 unspecified atom stereocenters. The van der Waals surface area contributed by atoms with Gasteiger partial charge in [0.15, 0.2) is 0 Å². The zero-order chi connectivity index (χ0) is 18.2. The Bertz CT molecular complexity index is 763. The molecular formula is C15H18F2N2O5S. The number of halogens is 2. The van der Waals surface area contributed by atoms with E-state index >= 15 is 0 Å². The molecule has 0 aliphatic carbocycles. The fourth-order valence-corrected chi connectivity index (χ4v) is 4.60. The van der Waals surface area contributed by atoms with Crippen LogP contribution in [0.15, 0.2) is 29.2 Å². The van der Waals surface area contributed by atoms with Gasteiger partial charge in [0, 0.05) is 26.2 Å². The van der Waals surface area contributed by atoms with Crippen molar-refractivity contribution in [2.45, 2.75) is 36.4 Å². The molecule has 2 saturated heterocycles. The predicted molar refractivity (Wildman–Crippen MR) is 82.3 cm³/mol. The highest BCUT2D eigenvalue weighted by molar-refractivity contribution is 7.89. The maximum absolute atomic E-state index is 12.7. The van der Waals surface area contributed by atoms with Crippen LogP contribution in [0.3, 0.4) is 0 Å². The molecule has 2 aliphatic rings. The molecule has 2 heterocycles. The number of ether oxygens (including phenoxy) is 1. The van der Waals surface area contributed by atoms with Crippen LogP contribution < -0.4 is 4.74 Å². The minimum absolute atomic E-state index is 0.109. The lowest BCUT2D eigenvalue weighted by Gasteiger charge is -2.36. The molecule has 0 radical (unpaired) electrons. The van der Waals surface area contributed by atoms with E-state index in [0.29, 0.717) is 12.8 Å². The van der Waals surface area contributed by atoms with Crippen molar-refractivity contribution in [2.24, 2.45) is 0 Å². The largest absolute Gasteiger partial charge is 0.435 e. The normalized spacial score (nSPS) is 21.3. The molecule has 0 N–H and O–H groups in total. The van der Waals surface area contributed by atoms with E-state index in [2.05, 4.69) is 4.74 Å². The highest BCUT2D eigenvalue weighted by Crippen LogP contribution is 2.37. The Morgan fingerprint density at radius 2 is 1.96 bits per heavy atom. The highest BCUT2D eigenvalue weighted by Gasteiger charge is 2.47. The number of hydrogen-bond acceptors (Lipinski definition) is 5. The number of amides is 1. The molecular weight excluding hydrogens is 358 g/mol. The van der Waals surface area contributed by atoms with Gasteiger partial charge in [0.05, 0.1) is 11.3 Å². The second kappa shape index (κ2) is 6.50. The maximum atomic E-state index is 12.7. The number of nitrogens with zero attached hydrogens (tertiary/aromatic N) is 2. The molecule has 138 valence electrons. The van der Waals surface area contributed by atoms with Gasteiger partial charge in [-0.25, -0.2) is 13.5 Å². The lowest BCUT2D eigenvalue weighted by atomic mass is 9.90. The summed E-state index contributed by atoms with van der Waals surface area (Å²) in [6.45, 7) is -2.66. The Morgan fingerprint density at radius 1 is 1.28 bits per heavy atom. The Morgan fingerprint density at radius 3 is 2.52 bits per heavy atom. The third-order valence-electron chi connectivity index (χ3n) is 4.46. The van der Waals surface area contributed by atoms with Gasteiger partial charge in [0.1, 0.15) is 11.4 Å². The molecule has 1 aromatic rings. The summed E-state index contributed by atoms with van der Waals surface area (Å²) in [6.07, 6.45) is 1.00. The Balaban J connectivity index is 1.73. The van der Waals surface area contributed by atoms with Crippen LogP contribution in [-0.4, -0.2) is 56.0 Å². The van der Waals surface area contributed by atoms with Gasteiger partial charge < -0.3 is 4.74 Å². The second-order valence-electron chi connectivity index (χ2n) is 6.10. The molecule has 2 fully saturated rings. The second-order valence-corrected chi connectivity index (χ2v) is 8.04. The summed E-state index contributed by atoms with van der Waals surface area (Å²) in [5, 5.41) is 1.19. The van der Waals surface area contributed by atoms with Crippen LogP contribution in [0.4, 0.5) is 8.78 Å². The van der Waals surface area contributed by atoms with Gasteiger partial charge in [0.25, 0.3) is 0 Å². The first kappa shape index (κ1) is 18.0. The fraction of sp³-hybridized carbons (Fsp3) is 0.533. The molecule has 25 heavy (non-hydrogen) atoms. The number of piperidine rings is 1. The summed E-state index contributed by atoms with van der Waals surface area (Å²) < 4.78 is 55.6. The first-order valence-corrected chi connectivity index (χ1v) is 9.17. The number of hydroxylamine groups is 2. The quantitative estimate of drug-likeness (QED) is 0.798. The average molecular weight is 376 g/mol. The van der Waals surface area contributed by atoms with E-state index in [1.807, 2.05) is 0 Å². The van der Waals surface area contributed by atoms with Gasteiger partial charge in [-0.05, 0) is 25.0 Å². The van der Waals surface area contributed by atoms with Gasteiger partial charge in [-0.3, -0.25) is 9.63 Å². The van der Waals surface area contributed by atoms with Gasteiger partial charge in [-0.1, -0.05) is 6.07 Å². The van der Waals surface area contributed by atoms with E-state index in [-0.39, 0.29) is 36.1 Å². The van der Waals surface area contributed by atoms with Crippen molar-refractivity contribution in [3.8, 4) is 5.75 Å². The first-order valence-electron chi connectivity index (χ1n) is 7.73. The zero-order valence-electron chi connectivity index (χ0n) is 13.5. The van der Waals surface area contributed by atoms with Crippen molar-refractivity contribution in [3.05, 3.63) is 24.3 Å². The maximum Gasteiger partial charge on any atom is 0.387 e. The highest BCUT2D eigenvalue weighted by atomic mass is 32.2. The molecule has 10 heteroatoms. The summed E-state index contributed by atoms with van der Waals surface area (Å²) in [6, 6.07) is 5.03. The Kier molecular flexibility index (Phi) is 4.69. The lowest BCUT2D eigenvalue weighted by Crippen LogP contribution is -2.46. The molecule has 1 aromatic carbocycles. The van der Waals surface area contributed by atoms with Gasteiger partial charge in [-0.15, -0.1) is 0 Å². The molecule has 1 amide bonds. The fourth-order valence-electron chi connectivity index (χ4n) is 3.12. The molecule has 3 rings (SSSR count). The molecule has 0 aromatic heterocycles. The molecule has 0 bridgehead atoms. The smallest absolute Gasteiger partial charge is 0.387 e. The number of hydrogen-bond donors (Lipinski definition) is 0. The first-order chi connectivity index (χ1) is 11.7. The van der Waals surface area contributed by atoms with Crippen LogP contribution >= 0.6 is 0 Å². The van der Waals surface area contributed by atoms with Crippen molar-refractivity contribution in [2.75, 3.05) is 20.1 Å². The third-order valence-corrected chi connectivity index (χ3v) is 6.35. The zero-order valence-corrected chi connectivity index (χ0v) is 14.3. The predicted octanol–water partition coefficient (Wildman–Crippen LogP) is 1.60. The van der Waals surface area contributed by atoms with Crippen LogP contribution in [0.2, 0.25) is 0 Å². The van der Waals surface area contributed by atoms with Crippen LogP contribution in [0.5, 0.6) is 5.75 Å². The van der Waals surface area contributed by atoms with E-state index in [1.54, 1.807) is 0 Å². The van der Waals surface area contributed by atoms with Crippen LogP contribution in [0, 0.1) is 0 Å². The number of carbonyl (C=O) groups is 1. The van der Waals surface area contributed by atoms with Crippen LogP contribution in [-0.2, 0) is 19.7 Å². The third kappa shape index (κ3) is 3.60.